The summed E-state index contributed by atoms with van der Waals surface area (Å²) in [5.74, 6) is 1.88. The van der Waals surface area contributed by atoms with Crippen molar-refractivity contribution >= 4 is 11.9 Å². The Morgan fingerprint density at radius 1 is 1.10 bits per heavy atom. The third-order valence-corrected chi connectivity index (χ3v) is 4.05. The second-order valence-corrected chi connectivity index (χ2v) is 5.48. The first kappa shape index (κ1) is 15.8. The van der Waals surface area contributed by atoms with Gasteiger partial charge in [-0.05, 0) is 32.6 Å². The minimum atomic E-state index is 0.432. The van der Waals surface area contributed by atoms with E-state index in [0.29, 0.717) is 30.4 Å². The van der Waals surface area contributed by atoms with Gasteiger partial charge in [0.1, 0.15) is 0 Å². The Kier molecular flexibility index (Phi) is 6.02. The molecule has 0 spiro atoms. The van der Waals surface area contributed by atoms with Crippen LogP contribution in [0.2, 0.25) is 0 Å². The Morgan fingerprint density at radius 2 is 1.81 bits per heavy atom. The summed E-state index contributed by atoms with van der Waals surface area (Å²) in [6.45, 7) is 6.63. The molecule has 6 nitrogen and oxygen atoms in total. The largest absolute Gasteiger partial charge is 0.463 e. The van der Waals surface area contributed by atoms with Gasteiger partial charge in [0.05, 0.1) is 6.61 Å². The highest BCUT2D eigenvalue weighted by Gasteiger charge is 2.16. The van der Waals surface area contributed by atoms with Crippen LogP contribution in [0.15, 0.2) is 0 Å². The highest BCUT2D eigenvalue weighted by Crippen LogP contribution is 2.24. The third kappa shape index (κ3) is 4.44. The molecule has 1 aromatic rings. The SMILES string of the molecule is CCN(CC)c1nc(NC)nc(OCC2CCCCC2)n1. The van der Waals surface area contributed by atoms with Crippen LogP contribution in [0.5, 0.6) is 6.01 Å². The van der Waals surface area contributed by atoms with Gasteiger partial charge in [-0.2, -0.15) is 15.0 Å². The molecule has 21 heavy (non-hydrogen) atoms. The third-order valence-electron chi connectivity index (χ3n) is 4.05. The minimum Gasteiger partial charge on any atom is -0.463 e. The van der Waals surface area contributed by atoms with Crippen LogP contribution >= 0.6 is 0 Å². The molecule has 1 aliphatic carbocycles. The fourth-order valence-electron chi connectivity index (χ4n) is 2.72. The Morgan fingerprint density at radius 3 is 2.43 bits per heavy atom. The molecule has 1 heterocycles. The lowest BCUT2D eigenvalue weighted by Crippen LogP contribution is -2.25. The predicted octanol–water partition coefficient (Wildman–Crippen LogP) is 2.72. The molecule has 0 atom stereocenters. The van der Waals surface area contributed by atoms with Crippen molar-refractivity contribution in [3.05, 3.63) is 0 Å². The zero-order valence-electron chi connectivity index (χ0n) is 13.4. The van der Waals surface area contributed by atoms with Crippen molar-refractivity contribution in [3.63, 3.8) is 0 Å². The van der Waals surface area contributed by atoms with E-state index >= 15 is 0 Å². The van der Waals surface area contributed by atoms with Crippen LogP contribution in [0.1, 0.15) is 46.0 Å². The van der Waals surface area contributed by atoms with Crippen molar-refractivity contribution < 1.29 is 4.74 Å². The van der Waals surface area contributed by atoms with Crippen LogP contribution in [0, 0.1) is 5.92 Å². The molecule has 1 fully saturated rings. The Labute approximate surface area is 127 Å². The maximum atomic E-state index is 5.84. The molecular weight excluding hydrogens is 266 g/mol. The topological polar surface area (TPSA) is 63.2 Å². The molecule has 2 rings (SSSR count). The Hall–Kier alpha value is -1.59. The van der Waals surface area contributed by atoms with E-state index in [0.717, 1.165) is 13.1 Å². The average Bonchev–Trinajstić information content (AvgIpc) is 2.55. The number of ether oxygens (including phenoxy) is 1. The Balaban J connectivity index is 2.04. The molecule has 0 saturated heterocycles. The first-order chi connectivity index (χ1) is 10.3. The highest BCUT2D eigenvalue weighted by molar-refractivity contribution is 5.37. The second kappa shape index (κ2) is 8.00. The van der Waals surface area contributed by atoms with Crippen molar-refractivity contribution in [1.29, 1.82) is 0 Å². The Bertz CT molecular complexity index is 430. The van der Waals surface area contributed by atoms with Gasteiger partial charge in [0.25, 0.3) is 0 Å². The number of nitrogens with zero attached hydrogens (tertiary/aromatic N) is 4. The lowest BCUT2D eigenvalue weighted by Gasteiger charge is -2.22. The van der Waals surface area contributed by atoms with Gasteiger partial charge in [-0.15, -0.1) is 0 Å². The number of hydrogen-bond donors (Lipinski definition) is 1. The summed E-state index contributed by atoms with van der Waals surface area (Å²) in [6.07, 6.45) is 6.51. The van der Waals surface area contributed by atoms with Gasteiger partial charge < -0.3 is 15.0 Å². The molecule has 0 amide bonds. The highest BCUT2D eigenvalue weighted by atomic mass is 16.5. The number of nitrogens with one attached hydrogen (secondary N) is 1. The van der Waals surface area contributed by atoms with Crippen LogP contribution in [0.3, 0.4) is 0 Å². The molecule has 0 aromatic carbocycles. The van der Waals surface area contributed by atoms with E-state index in [1.165, 1.54) is 32.1 Å². The van der Waals surface area contributed by atoms with Crippen LogP contribution in [-0.4, -0.2) is 41.7 Å². The summed E-state index contributed by atoms with van der Waals surface area (Å²) in [4.78, 5) is 15.2. The second-order valence-electron chi connectivity index (χ2n) is 5.48. The fourth-order valence-corrected chi connectivity index (χ4v) is 2.72. The van der Waals surface area contributed by atoms with Crippen molar-refractivity contribution in [3.8, 4) is 6.01 Å². The summed E-state index contributed by atoms with van der Waals surface area (Å²) in [5, 5.41) is 2.98. The van der Waals surface area contributed by atoms with Gasteiger partial charge in [-0.1, -0.05) is 19.3 Å². The van der Waals surface area contributed by atoms with E-state index in [1.807, 2.05) is 7.05 Å². The zero-order chi connectivity index (χ0) is 15.1. The van der Waals surface area contributed by atoms with Crippen LogP contribution in [0.25, 0.3) is 0 Å². The van der Waals surface area contributed by atoms with Crippen LogP contribution < -0.4 is 15.0 Å². The first-order valence-corrected chi connectivity index (χ1v) is 8.08. The van der Waals surface area contributed by atoms with Gasteiger partial charge in [-0.25, -0.2) is 0 Å². The lowest BCUT2D eigenvalue weighted by atomic mass is 9.90. The van der Waals surface area contributed by atoms with Crippen LogP contribution in [0.4, 0.5) is 11.9 Å². The van der Waals surface area contributed by atoms with E-state index in [9.17, 15) is 0 Å². The minimum absolute atomic E-state index is 0.432. The van der Waals surface area contributed by atoms with E-state index in [4.69, 9.17) is 4.74 Å². The van der Waals surface area contributed by atoms with Gasteiger partial charge in [0.2, 0.25) is 11.9 Å². The molecule has 118 valence electrons. The predicted molar refractivity (Wildman–Crippen MR) is 85.0 cm³/mol. The van der Waals surface area contributed by atoms with E-state index in [1.54, 1.807) is 0 Å². The smallest absolute Gasteiger partial charge is 0.323 e. The summed E-state index contributed by atoms with van der Waals surface area (Å²) < 4.78 is 5.84. The summed E-state index contributed by atoms with van der Waals surface area (Å²) >= 11 is 0. The molecule has 1 N–H and O–H groups in total. The van der Waals surface area contributed by atoms with Gasteiger partial charge in [-0.3, -0.25) is 0 Å². The fraction of sp³-hybridized carbons (Fsp3) is 0.800. The van der Waals surface area contributed by atoms with Crippen molar-refractivity contribution in [2.24, 2.45) is 5.92 Å². The molecule has 0 radical (unpaired) electrons. The normalized spacial score (nSPS) is 15.8. The maximum Gasteiger partial charge on any atom is 0.323 e. The molecule has 0 bridgehead atoms. The summed E-state index contributed by atoms with van der Waals surface area (Å²) in [5.41, 5.74) is 0. The number of aromatic nitrogens is 3. The molecule has 0 unspecified atom stereocenters. The molecule has 6 heteroatoms. The van der Waals surface area contributed by atoms with E-state index in [2.05, 4.69) is 39.0 Å². The molecular formula is C15H27N5O. The monoisotopic (exact) mass is 293 g/mol. The zero-order valence-corrected chi connectivity index (χ0v) is 13.4. The molecule has 1 saturated carbocycles. The summed E-state index contributed by atoms with van der Waals surface area (Å²) in [7, 11) is 1.81. The lowest BCUT2D eigenvalue weighted by molar-refractivity contribution is 0.196. The molecule has 1 aliphatic rings. The molecule has 1 aromatic heterocycles. The van der Waals surface area contributed by atoms with Crippen molar-refractivity contribution in [1.82, 2.24) is 15.0 Å². The van der Waals surface area contributed by atoms with Gasteiger partial charge in [0.15, 0.2) is 0 Å². The van der Waals surface area contributed by atoms with Crippen molar-refractivity contribution in [2.45, 2.75) is 46.0 Å². The standard InChI is InChI=1S/C15H27N5O/c1-4-20(5-2)14-17-13(16-3)18-15(19-14)21-11-12-9-7-6-8-10-12/h12H,4-11H2,1-3H3,(H,16,17,18,19). The number of hydrogen-bond acceptors (Lipinski definition) is 6. The first-order valence-electron chi connectivity index (χ1n) is 8.08. The van der Waals surface area contributed by atoms with Crippen LogP contribution in [-0.2, 0) is 0 Å². The quantitative estimate of drug-likeness (QED) is 0.834. The number of anilines is 2. The number of rotatable bonds is 7. The van der Waals surface area contributed by atoms with Gasteiger partial charge >= 0.3 is 6.01 Å². The summed E-state index contributed by atoms with van der Waals surface area (Å²) in [6, 6.07) is 0.432. The van der Waals surface area contributed by atoms with Crippen molar-refractivity contribution in [2.75, 3.05) is 37.0 Å². The maximum absolute atomic E-state index is 5.84. The van der Waals surface area contributed by atoms with E-state index < -0.39 is 0 Å². The average molecular weight is 293 g/mol. The molecule has 0 aliphatic heterocycles. The van der Waals surface area contributed by atoms with E-state index in [-0.39, 0.29) is 0 Å². The van der Waals surface area contributed by atoms with Gasteiger partial charge in [0, 0.05) is 20.1 Å².